The average molecular weight is 420 g/mol. The number of methoxy groups -OCH3 is 1. The molecule has 0 spiro atoms. The van der Waals surface area contributed by atoms with Crippen molar-refractivity contribution < 1.29 is 18.7 Å². The third-order valence-corrected chi connectivity index (χ3v) is 5.46. The van der Waals surface area contributed by atoms with E-state index in [1.165, 1.54) is 6.07 Å². The van der Waals surface area contributed by atoms with Crippen molar-refractivity contribution in [1.29, 1.82) is 0 Å². The molecule has 160 valence electrons. The number of amides is 2. The number of ether oxygens (including phenoxy) is 2. The van der Waals surface area contributed by atoms with Crippen molar-refractivity contribution in [3.63, 3.8) is 0 Å². The van der Waals surface area contributed by atoms with Crippen LogP contribution in [0, 0.1) is 5.82 Å². The molecule has 0 radical (unpaired) electrons. The summed E-state index contributed by atoms with van der Waals surface area (Å²) in [5, 5.41) is 3.14. The first-order valence-corrected chi connectivity index (χ1v) is 10.3. The van der Waals surface area contributed by atoms with Crippen LogP contribution in [0.4, 0.5) is 9.18 Å². The molecule has 0 bridgehead atoms. The maximum atomic E-state index is 14.2. The van der Waals surface area contributed by atoms with Gasteiger partial charge in [-0.05, 0) is 29.3 Å². The van der Waals surface area contributed by atoms with Gasteiger partial charge >= 0.3 is 6.03 Å². The monoisotopic (exact) mass is 420 g/mol. The molecule has 3 aromatic carbocycles. The lowest BCUT2D eigenvalue weighted by molar-refractivity contribution is -0.0173. The van der Waals surface area contributed by atoms with Gasteiger partial charge in [-0.3, -0.25) is 0 Å². The smallest absolute Gasteiger partial charge is 0.318 e. The van der Waals surface area contributed by atoms with E-state index in [-0.39, 0.29) is 24.4 Å². The van der Waals surface area contributed by atoms with Crippen LogP contribution in [0.1, 0.15) is 28.8 Å². The van der Waals surface area contributed by atoms with Gasteiger partial charge in [0, 0.05) is 12.1 Å². The fraction of sp³-hybridized carbons (Fsp3) is 0.240. The molecular weight excluding hydrogens is 395 g/mol. The van der Waals surface area contributed by atoms with Crippen LogP contribution >= 0.6 is 0 Å². The van der Waals surface area contributed by atoms with E-state index in [0.29, 0.717) is 18.7 Å². The molecule has 0 saturated carbocycles. The van der Waals surface area contributed by atoms with Gasteiger partial charge in [0.15, 0.2) is 0 Å². The molecule has 1 aliphatic heterocycles. The zero-order valence-corrected chi connectivity index (χ0v) is 17.3. The maximum absolute atomic E-state index is 14.2. The second-order valence-corrected chi connectivity index (χ2v) is 7.39. The van der Waals surface area contributed by atoms with Gasteiger partial charge in [0.05, 0.1) is 26.3 Å². The van der Waals surface area contributed by atoms with E-state index < -0.39 is 6.10 Å². The molecule has 0 aromatic heterocycles. The number of urea groups is 1. The summed E-state index contributed by atoms with van der Waals surface area (Å²) in [6.07, 6.45) is -0.489. The minimum Gasteiger partial charge on any atom is -0.497 e. The van der Waals surface area contributed by atoms with Crippen LogP contribution < -0.4 is 10.1 Å². The largest absolute Gasteiger partial charge is 0.497 e. The Bertz CT molecular complexity index is 1010. The lowest BCUT2D eigenvalue weighted by atomic mass is 9.98. The van der Waals surface area contributed by atoms with E-state index in [9.17, 15) is 9.18 Å². The number of halogens is 1. The van der Waals surface area contributed by atoms with Crippen LogP contribution in [-0.2, 0) is 4.74 Å². The fourth-order valence-electron chi connectivity index (χ4n) is 3.77. The molecule has 1 heterocycles. The highest BCUT2D eigenvalue weighted by atomic mass is 19.1. The van der Waals surface area contributed by atoms with Gasteiger partial charge in [0.1, 0.15) is 17.7 Å². The van der Waals surface area contributed by atoms with Crippen LogP contribution in [0.15, 0.2) is 78.9 Å². The summed E-state index contributed by atoms with van der Waals surface area (Å²) in [6, 6.07) is 23.4. The molecule has 1 fully saturated rings. The molecule has 6 heteroatoms. The second-order valence-electron chi connectivity index (χ2n) is 7.39. The molecule has 2 amide bonds. The summed E-state index contributed by atoms with van der Waals surface area (Å²) in [5.74, 6) is 0.429. The Morgan fingerprint density at radius 2 is 1.71 bits per heavy atom. The number of nitrogens with zero attached hydrogens (tertiary/aromatic N) is 1. The molecule has 1 N–H and O–H groups in total. The average Bonchev–Trinajstić information content (AvgIpc) is 2.83. The van der Waals surface area contributed by atoms with Crippen molar-refractivity contribution in [2.45, 2.75) is 12.1 Å². The van der Waals surface area contributed by atoms with Crippen molar-refractivity contribution in [2.75, 3.05) is 26.8 Å². The summed E-state index contributed by atoms with van der Waals surface area (Å²) in [6.45, 7) is 1.09. The highest BCUT2D eigenvalue weighted by Crippen LogP contribution is 2.27. The molecule has 31 heavy (non-hydrogen) atoms. The molecule has 1 saturated heterocycles. The van der Waals surface area contributed by atoms with Crippen LogP contribution in [0.2, 0.25) is 0 Å². The second kappa shape index (κ2) is 9.62. The molecule has 1 aliphatic rings. The van der Waals surface area contributed by atoms with Crippen molar-refractivity contribution in [3.8, 4) is 5.75 Å². The van der Waals surface area contributed by atoms with Gasteiger partial charge in [-0.15, -0.1) is 0 Å². The van der Waals surface area contributed by atoms with E-state index in [1.54, 1.807) is 30.2 Å². The molecular formula is C25H25FN2O3. The van der Waals surface area contributed by atoms with E-state index >= 15 is 0 Å². The predicted octanol–water partition coefficient (Wildman–Crippen LogP) is 4.71. The SMILES string of the molecule is COc1ccc(C(NC(=O)N2CCOC(c3ccccc3F)C2)c2ccccc2)cc1. The topological polar surface area (TPSA) is 50.8 Å². The van der Waals surface area contributed by atoms with Crippen molar-refractivity contribution in [1.82, 2.24) is 10.2 Å². The highest BCUT2D eigenvalue weighted by Gasteiger charge is 2.28. The molecule has 2 atom stereocenters. The Hall–Kier alpha value is -3.38. The maximum Gasteiger partial charge on any atom is 0.318 e. The number of carbonyl (C=O) groups is 1. The number of rotatable bonds is 5. The normalized spacial score (nSPS) is 17.1. The Morgan fingerprint density at radius 3 is 2.42 bits per heavy atom. The zero-order chi connectivity index (χ0) is 21.6. The number of hydrogen-bond acceptors (Lipinski definition) is 3. The van der Waals surface area contributed by atoms with Crippen LogP contribution in [0.3, 0.4) is 0 Å². The molecule has 2 unspecified atom stereocenters. The predicted molar refractivity (Wildman–Crippen MR) is 116 cm³/mol. The Balaban J connectivity index is 1.53. The summed E-state index contributed by atoms with van der Waals surface area (Å²) in [7, 11) is 1.62. The first kappa shape index (κ1) is 20.9. The third-order valence-electron chi connectivity index (χ3n) is 5.46. The van der Waals surface area contributed by atoms with Crippen molar-refractivity contribution in [2.24, 2.45) is 0 Å². The Labute approximate surface area is 181 Å². The summed E-state index contributed by atoms with van der Waals surface area (Å²) < 4.78 is 25.2. The minimum absolute atomic E-state index is 0.214. The zero-order valence-electron chi connectivity index (χ0n) is 17.3. The number of benzene rings is 3. The lowest BCUT2D eigenvalue weighted by Crippen LogP contribution is -2.48. The summed E-state index contributed by atoms with van der Waals surface area (Å²) in [4.78, 5) is 14.9. The van der Waals surface area contributed by atoms with Crippen molar-refractivity contribution >= 4 is 6.03 Å². The van der Waals surface area contributed by atoms with E-state index in [2.05, 4.69) is 5.32 Å². The van der Waals surface area contributed by atoms with Crippen molar-refractivity contribution in [3.05, 3.63) is 101 Å². The Morgan fingerprint density at radius 1 is 1.03 bits per heavy atom. The molecule has 3 aromatic rings. The van der Waals surface area contributed by atoms with Gasteiger partial charge in [0.2, 0.25) is 0 Å². The first-order valence-electron chi connectivity index (χ1n) is 10.3. The van der Waals surface area contributed by atoms with E-state index in [4.69, 9.17) is 9.47 Å². The standard InChI is InChI=1S/C25H25FN2O3/c1-30-20-13-11-19(12-14-20)24(18-7-3-2-4-8-18)27-25(29)28-15-16-31-23(17-28)21-9-5-6-10-22(21)26/h2-14,23-24H,15-17H2,1H3,(H,27,29). The van der Waals surface area contributed by atoms with Gasteiger partial charge in [-0.25, -0.2) is 9.18 Å². The number of morpholine rings is 1. The highest BCUT2D eigenvalue weighted by molar-refractivity contribution is 5.75. The van der Waals surface area contributed by atoms with E-state index in [1.807, 2.05) is 54.6 Å². The first-order chi connectivity index (χ1) is 15.2. The third kappa shape index (κ3) is 4.86. The summed E-state index contributed by atoms with van der Waals surface area (Å²) >= 11 is 0. The van der Waals surface area contributed by atoms with Crippen LogP contribution in [0.5, 0.6) is 5.75 Å². The fourth-order valence-corrected chi connectivity index (χ4v) is 3.77. The molecule has 0 aliphatic carbocycles. The Kier molecular flexibility index (Phi) is 6.48. The molecule has 5 nitrogen and oxygen atoms in total. The van der Waals surface area contributed by atoms with Crippen LogP contribution in [-0.4, -0.2) is 37.7 Å². The minimum atomic E-state index is -0.489. The number of carbonyl (C=O) groups excluding carboxylic acids is 1. The van der Waals surface area contributed by atoms with Gasteiger partial charge in [0.25, 0.3) is 0 Å². The van der Waals surface area contributed by atoms with Crippen LogP contribution in [0.25, 0.3) is 0 Å². The van der Waals surface area contributed by atoms with Gasteiger partial charge in [-0.1, -0.05) is 60.7 Å². The van der Waals surface area contributed by atoms with Gasteiger partial charge < -0.3 is 19.7 Å². The quantitative estimate of drug-likeness (QED) is 0.651. The number of nitrogens with one attached hydrogen (secondary N) is 1. The molecule has 4 rings (SSSR count). The van der Waals surface area contributed by atoms with E-state index in [0.717, 1.165) is 16.9 Å². The summed E-state index contributed by atoms with van der Waals surface area (Å²) in [5.41, 5.74) is 2.38. The number of hydrogen-bond donors (Lipinski definition) is 1. The van der Waals surface area contributed by atoms with Gasteiger partial charge in [-0.2, -0.15) is 0 Å². The lowest BCUT2D eigenvalue weighted by Gasteiger charge is -2.34.